The topological polar surface area (TPSA) is 128 Å². The monoisotopic (exact) mass is 602 g/mol. The molecule has 0 unspecified atom stereocenters. The van der Waals surface area contributed by atoms with Gasteiger partial charge in [-0.3, -0.25) is 14.7 Å². The van der Waals surface area contributed by atoms with Crippen LogP contribution in [0, 0.1) is 11.7 Å². The SMILES string of the molecule is COC(=O)C1=C(CN2CCN3C(=O)N(C4CC(C(=O)O)C4)C[C@@H]3C2)NC(c2nccs2)=N[C@H]1c1ccc(F)cc1Cl. The summed E-state index contributed by atoms with van der Waals surface area (Å²) in [6.07, 6.45) is 2.62. The van der Waals surface area contributed by atoms with Gasteiger partial charge < -0.3 is 25.0 Å². The number of carbonyl (C=O) groups is 3. The molecule has 4 heterocycles. The van der Waals surface area contributed by atoms with Gasteiger partial charge in [0.25, 0.3) is 0 Å². The van der Waals surface area contributed by atoms with E-state index < -0.39 is 23.8 Å². The molecule has 3 fully saturated rings. The molecular formula is C27H28ClFN6O5S. The van der Waals surface area contributed by atoms with Crippen molar-refractivity contribution in [1.29, 1.82) is 0 Å². The summed E-state index contributed by atoms with van der Waals surface area (Å²) in [6, 6.07) is 2.99. The molecule has 2 aromatic rings. The van der Waals surface area contributed by atoms with Crippen LogP contribution in [0.4, 0.5) is 9.18 Å². The maximum absolute atomic E-state index is 13.9. The zero-order valence-corrected chi connectivity index (χ0v) is 23.7. The van der Waals surface area contributed by atoms with Gasteiger partial charge in [-0.25, -0.2) is 19.0 Å². The van der Waals surface area contributed by atoms with Crippen molar-refractivity contribution in [2.24, 2.45) is 10.9 Å². The number of aliphatic imine (C=N–C) groups is 1. The summed E-state index contributed by atoms with van der Waals surface area (Å²) in [4.78, 5) is 52.5. The van der Waals surface area contributed by atoms with E-state index in [1.807, 2.05) is 15.2 Å². The van der Waals surface area contributed by atoms with Crippen molar-refractivity contribution >= 4 is 46.7 Å². The zero-order chi connectivity index (χ0) is 28.8. The number of fused-ring (bicyclic) bond motifs is 1. The first kappa shape index (κ1) is 27.6. The second kappa shape index (κ2) is 11.0. The highest BCUT2D eigenvalue weighted by molar-refractivity contribution is 7.11. The molecule has 1 aromatic heterocycles. The third-order valence-corrected chi connectivity index (χ3v) is 9.28. The first-order valence-corrected chi connectivity index (χ1v) is 14.5. The molecule has 0 radical (unpaired) electrons. The number of piperazine rings is 1. The number of carboxylic acids is 1. The largest absolute Gasteiger partial charge is 0.481 e. The number of methoxy groups -OCH3 is 1. The van der Waals surface area contributed by atoms with Crippen molar-refractivity contribution < 1.29 is 28.6 Å². The Labute approximate surface area is 244 Å². The minimum atomic E-state index is -0.851. The van der Waals surface area contributed by atoms with Gasteiger partial charge in [0, 0.05) is 66.6 Å². The molecule has 41 heavy (non-hydrogen) atoms. The molecular weight excluding hydrogens is 575 g/mol. The number of ether oxygens (including phenoxy) is 1. The Balaban J connectivity index is 1.26. The van der Waals surface area contributed by atoms with Crippen molar-refractivity contribution in [2.45, 2.75) is 31.0 Å². The molecule has 1 saturated carbocycles. The molecule has 2 atom stereocenters. The molecule has 2 saturated heterocycles. The van der Waals surface area contributed by atoms with Crippen LogP contribution in [0.15, 0.2) is 46.0 Å². The molecule has 1 aromatic carbocycles. The molecule has 2 N–H and O–H groups in total. The van der Waals surface area contributed by atoms with Gasteiger partial charge >= 0.3 is 18.0 Å². The third kappa shape index (κ3) is 5.17. The predicted octanol–water partition coefficient (Wildman–Crippen LogP) is 2.74. The Morgan fingerprint density at radius 3 is 2.71 bits per heavy atom. The van der Waals surface area contributed by atoms with Crippen LogP contribution in [0.1, 0.15) is 29.5 Å². The highest BCUT2D eigenvalue weighted by Gasteiger charge is 2.48. The lowest BCUT2D eigenvalue weighted by atomic mass is 9.79. The average molecular weight is 603 g/mol. The number of hydrogen-bond donors (Lipinski definition) is 2. The predicted molar refractivity (Wildman–Crippen MR) is 148 cm³/mol. The van der Waals surface area contributed by atoms with Crippen molar-refractivity contribution in [3.63, 3.8) is 0 Å². The number of urea groups is 1. The van der Waals surface area contributed by atoms with Crippen LogP contribution in [-0.4, -0.2) is 101 Å². The summed E-state index contributed by atoms with van der Waals surface area (Å²) >= 11 is 7.83. The van der Waals surface area contributed by atoms with Gasteiger partial charge in [-0.05, 0) is 25.0 Å². The molecule has 2 amide bonds. The van der Waals surface area contributed by atoms with E-state index in [0.717, 1.165) is 0 Å². The summed E-state index contributed by atoms with van der Waals surface area (Å²) < 4.78 is 19.1. The normalized spacial score (nSPS) is 26.3. The number of carbonyl (C=O) groups excluding carboxylic acids is 2. The molecule has 0 bridgehead atoms. The van der Waals surface area contributed by atoms with Gasteiger partial charge in [0.1, 0.15) is 11.9 Å². The second-order valence-corrected chi connectivity index (χ2v) is 11.9. The standard InChI is InChI=1S/C27H28ClFN6O5S/c1-40-26(38)21-20(31-23(24-30-4-7-41-24)32-22(21)18-3-2-15(29)10-19(18)28)13-33-5-6-34-17(11-33)12-35(27(34)39)16-8-14(9-16)25(36)37/h2-4,7,10,14,16-17,22H,5-6,8-9,11-13H2,1H3,(H,31,32)(H,36,37)/t14?,16?,17-,22-/m0/s1. The molecule has 11 nitrogen and oxygen atoms in total. The van der Waals surface area contributed by atoms with Gasteiger partial charge in [0.05, 0.1) is 24.6 Å². The van der Waals surface area contributed by atoms with Crippen molar-refractivity contribution in [1.82, 2.24) is 25.0 Å². The highest BCUT2D eigenvalue weighted by atomic mass is 35.5. The molecule has 1 aliphatic carbocycles. The van der Waals surface area contributed by atoms with E-state index in [1.165, 1.54) is 36.6 Å². The lowest BCUT2D eigenvalue weighted by molar-refractivity contribution is -0.146. The van der Waals surface area contributed by atoms with Crippen molar-refractivity contribution in [3.8, 4) is 0 Å². The number of hydrogen-bond acceptors (Lipinski definition) is 9. The molecule has 3 aliphatic heterocycles. The molecule has 14 heteroatoms. The van der Waals surface area contributed by atoms with Gasteiger partial charge in [-0.1, -0.05) is 17.7 Å². The fourth-order valence-corrected chi connectivity index (χ4v) is 6.84. The van der Waals surface area contributed by atoms with Gasteiger partial charge in [-0.2, -0.15) is 0 Å². The summed E-state index contributed by atoms with van der Waals surface area (Å²) in [5, 5.41) is 15.1. The number of halogens is 2. The smallest absolute Gasteiger partial charge is 0.338 e. The minimum absolute atomic E-state index is 0.0436. The van der Waals surface area contributed by atoms with Crippen molar-refractivity contribution in [2.75, 3.05) is 39.8 Å². The summed E-state index contributed by atoms with van der Waals surface area (Å²) in [7, 11) is 1.29. The number of thiazole rings is 1. The number of esters is 1. The summed E-state index contributed by atoms with van der Waals surface area (Å²) in [5.41, 5.74) is 1.30. The maximum atomic E-state index is 13.9. The van der Waals surface area contributed by atoms with E-state index in [2.05, 4.69) is 15.2 Å². The third-order valence-electron chi connectivity index (χ3n) is 8.17. The molecule has 216 valence electrons. The van der Waals surface area contributed by atoms with Crippen LogP contribution in [0.3, 0.4) is 0 Å². The maximum Gasteiger partial charge on any atom is 0.338 e. The Kier molecular flexibility index (Phi) is 7.43. The van der Waals surface area contributed by atoms with Crippen LogP contribution in [-0.2, 0) is 14.3 Å². The van der Waals surface area contributed by atoms with Crippen LogP contribution in [0.25, 0.3) is 0 Å². The number of nitrogens with zero attached hydrogens (tertiary/aromatic N) is 5. The van der Waals surface area contributed by atoms with Crippen LogP contribution in [0.2, 0.25) is 5.02 Å². The van der Waals surface area contributed by atoms with Crippen LogP contribution >= 0.6 is 22.9 Å². The fourth-order valence-electron chi connectivity index (χ4n) is 5.98. The summed E-state index contributed by atoms with van der Waals surface area (Å²) in [5.74, 6) is -1.82. The zero-order valence-electron chi connectivity index (χ0n) is 22.1. The number of aliphatic carboxylic acids is 1. The molecule has 4 aliphatic rings. The summed E-state index contributed by atoms with van der Waals surface area (Å²) in [6.45, 7) is 2.53. The Bertz CT molecular complexity index is 1450. The fraction of sp³-hybridized carbons (Fsp3) is 0.444. The lowest BCUT2D eigenvalue weighted by Gasteiger charge is -2.38. The van der Waals surface area contributed by atoms with E-state index in [1.54, 1.807) is 6.20 Å². The molecule has 0 spiro atoms. The van der Waals surface area contributed by atoms with Gasteiger partial charge in [0.15, 0.2) is 10.8 Å². The van der Waals surface area contributed by atoms with Crippen LogP contribution in [0.5, 0.6) is 0 Å². The highest BCUT2D eigenvalue weighted by Crippen LogP contribution is 2.38. The minimum Gasteiger partial charge on any atom is -0.481 e. The van der Waals surface area contributed by atoms with Crippen LogP contribution < -0.4 is 5.32 Å². The Morgan fingerprint density at radius 2 is 2.02 bits per heavy atom. The number of aromatic nitrogens is 1. The molecule has 6 rings (SSSR count). The second-order valence-electron chi connectivity index (χ2n) is 10.6. The number of rotatable bonds is 7. The number of carboxylic acid groups (broad SMARTS) is 1. The quantitative estimate of drug-likeness (QED) is 0.463. The van der Waals surface area contributed by atoms with E-state index >= 15 is 0 Å². The number of amidine groups is 1. The first-order chi connectivity index (χ1) is 19.7. The number of nitrogens with one attached hydrogen (secondary N) is 1. The lowest BCUT2D eigenvalue weighted by Crippen LogP contribution is -2.53. The van der Waals surface area contributed by atoms with Gasteiger partial charge in [-0.15, -0.1) is 11.3 Å². The van der Waals surface area contributed by atoms with E-state index in [0.29, 0.717) is 67.7 Å². The van der Waals surface area contributed by atoms with E-state index in [-0.39, 0.29) is 34.6 Å². The Hall–Kier alpha value is -3.55. The Morgan fingerprint density at radius 1 is 1.22 bits per heavy atom. The van der Waals surface area contributed by atoms with E-state index in [9.17, 15) is 23.9 Å². The van der Waals surface area contributed by atoms with Crippen molar-refractivity contribution in [3.05, 3.63) is 62.5 Å². The number of benzene rings is 1. The number of amides is 2. The van der Waals surface area contributed by atoms with E-state index in [4.69, 9.17) is 21.3 Å². The van der Waals surface area contributed by atoms with Gasteiger partial charge in [0.2, 0.25) is 0 Å². The average Bonchev–Trinajstić information content (AvgIpc) is 3.56. The first-order valence-electron chi connectivity index (χ1n) is 13.3.